The summed E-state index contributed by atoms with van der Waals surface area (Å²) in [5.74, 6) is 0. The van der Waals surface area contributed by atoms with Crippen molar-refractivity contribution >= 4 is 8.80 Å². The number of unbranched alkanes of at least 4 members (excludes halogenated alkanes) is 11. The number of rotatable bonds is 22. The molecule has 0 fully saturated rings. The van der Waals surface area contributed by atoms with Crippen LogP contribution in [0.15, 0.2) is 12.2 Å². The van der Waals surface area contributed by atoms with E-state index in [1.165, 1.54) is 83.5 Å². The molecule has 5 heteroatoms. The van der Waals surface area contributed by atoms with Crippen molar-refractivity contribution in [1.29, 1.82) is 0 Å². The van der Waals surface area contributed by atoms with E-state index < -0.39 is 8.80 Å². The van der Waals surface area contributed by atoms with Crippen LogP contribution in [0.25, 0.3) is 0 Å². The average Bonchev–Trinajstić information content (AvgIpc) is 2.74. The van der Waals surface area contributed by atoms with Crippen molar-refractivity contribution in [2.24, 2.45) is 5.73 Å². The van der Waals surface area contributed by atoms with Crippen LogP contribution < -0.4 is 5.73 Å². The van der Waals surface area contributed by atoms with Crippen molar-refractivity contribution in [2.75, 3.05) is 21.3 Å². The van der Waals surface area contributed by atoms with Gasteiger partial charge in [-0.2, -0.15) is 0 Å². The van der Waals surface area contributed by atoms with Crippen molar-refractivity contribution in [3.8, 4) is 0 Å². The second kappa shape index (κ2) is 21.0. The Morgan fingerprint density at radius 3 is 1.62 bits per heavy atom. The second-order valence-electron chi connectivity index (χ2n) is 8.32. The lowest BCUT2D eigenvalue weighted by molar-refractivity contribution is 0.122. The number of hydrogen-bond acceptors (Lipinski definition) is 4. The molecule has 4 nitrogen and oxygen atoms in total. The van der Waals surface area contributed by atoms with Crippen LogP contribution in [-0.2, 0) is 13.3 Å². The van der Waals surface area contributed by atoms with E-state index in [1.54, 1.807) is 21.3 Å². The van der Waals surface area contributed by atoms with Crippen LogP contribution in [0.1, 0.15) is 110 Å². The normalized spacial score (nSPS) is 13.4. The van der Waals surface area contributed by atoms with Crippen LogP contribution >= 0.6 is 0 Å². The summed E-state index contributed by atoms with van der Waals surface area (Å²) in [6.07, 6.45) is 25.4. The lowest BCUT2D eigenvalue weighted by atomic mass is 10.0. The first-order valence-corrected chi connectivity index (χ1v) is 14.1. The van der Waals surface area contributed by atoms with Gasteiger partial charge in [-0.1, -0.05) is 76.9 Å². The zero-order valence-corrected chi connectivity index (χ0v) is 21.1. The molecule has 0 saturated carbocycles. The zero-order chi connectivity index (χ0) is 21.6. The van der Waals surface area contributed by atoms with Crippen molar-refractivity contribution in [1.82, 2.24) is 0 Å². The molecule has 0 heterocycles. The van der Waals surface area contributed by atoms with Gasteiger partial charge in [0.2, 0.25) is 0 Å². The zero-order valence-electron chi connectivity index (χ0n) is 20.1. The quantitative estimate of drug-likeness (QED) is 0.114. The van der Waals surface area contributed by atoms with E-state index in [4.69, 9.17) is 19.0 Å². The van der Waals surface area contributed by atoms with Crippen LogP contribution in [0.2, 0.25) is 6.04 Å². The highest BCUT2D eigenvalue weighted by Gasteiger charge is 2.36. The molecule has 0 aromatic carbocycles. The lowest BCUT2D eigenvalue weighted by Gasteiger charge is -2.24. The fraction of sp³-hybridized carbons (Fsp3) is 0.917. The molecule has 0 aromatic heterocycles. The number of allylic oxidation sites excluding steroid dienone is 2. The van der Waals surface area contributed by atoms with Crippen LogP contribution in [0, 0.1) is 0 Å². The van der Waals surface area contributed by atoms with Crippen molar-refractivity contribution in [3.05, 3.63) is 12.2 Å². The van der Waals surface area contributed by atoms with Gasteiger partial charge in [0.1, 0.15) is 0 Å². The second-order valence-corrected chi connectivity index (χ2v) is 11.4. The summed E-state index contributed by atoms with van der Waals surface area (Å²) in [6.45, 7) is 2.28. The molecule has 2 N–H and O–H groups in total. The van der Waals surface area contributed by atoms with E-state index in [-0.39, 0.29) is 6.04 Å². The van der Waals surface area contributed by atoms with Crippen molar-refractivity contribution < 1.29 is 13.3 Å². The summed E-state index contributed by atoms with van der Waals surface area (Å²) in [5, 5.41) is 0. The minimum absolute atomic E-state index is 0.289. The Labute approximate surface area is 183 Å². The van der Waals surface area contributed by atoms with E-state index in [9.17, 15) is 0 Å². The van der Waals surface area contributed by atoms with Crippen LogP contribution in [0.5, 0.6) is 0 Å². The van der Waals surface area contributed by atoms with Gasteiger partial charge in [0.05, 0.1) is 0 Å². The van der Waals surface area contributed by atoms with Crippen molar-refractivity contribution in [2.45, 2.75) is 122 Å². The third-order valence-electron chi connectivity index (χ3n) is 5.83. The summed E-state index contributed by atoms with van der Waals surface area (Å²) in [5.41, 5.74) is 6.27. The van der Waals surface area contributed by atoms with Crippen LogP contribution in [0.4, 0.5) is 0 Å². The van der Waals surface area contributed by atoms with E-state index >= 15 is 0 Å². The Kier molecular flexibility index (Phi) is 20.9. The summed E-state index contributed by atoms with van der Waals surface area (Å²) < 4.78 is 16.4. The minimum atomic E-state index is -2.42. The smallest absolute Gasteiger partial charge is 0.377 e. The molecular weight excluding hydrogens is 378 g/mol. The van der Waals surface area contributed by atoms with Gasteiger partial charge in [-0.3, -0.25) is 0 Å². The van der Waals surface area contributed by atoms with Gasteiger partial charge in [-0.05, 0) is 44.9 Å². The number of nitrogens with two attached hydrogens (primary N) is 1. The van der Waals surface area contributed by atoms with E-state index in [1.807, 2.05) is 0 Å². The Morgan fingerprint density at radius 1 is 0.655 bits per heavy atom. The maximum Gasteiger partial charge on any atom is 0.500 e. The molecular formula is C24H51NO3Si. The van der Waals surface area contributed by atoms with Gasteiger partial charge in [-0.15, -0.1) is 0 Å². The first kappa shape index (κ1) is 28.8. The van der Waals surface area contributed by atoms with E-state index in [0.717, 1.165) is 25.3 Å². The molecule has 0 aliphatic carbocycles. The summed E-state index contributed by atoms with van der Waals surface area (Å²) in [7, 11) is 2.59. The first-order chi connectivity index (χ1) is 14.1. The van der Waals surface area contributed by atoms with Gasteiger partial charge in [0, 0.05) is 33.4 Å². The maximum absolute atomic E-state index is 6.27. The largest absolute Gasteiger partial charge is 0.500 e. The monoisotopic (exact) mass is 429 g/mol. The van der Waals surface area contributed by atoms with Gasteiger partial charge in [-0.25, -0.2) is 0 Å². The molecule has 0 aliphatic rings. The third-order valence-corrected chi connectivity index (χ3v) is 8.66. The summed E-state index contributed by atoms with van der Waals surface area (Å²) >= 11 is 0. The molecule has 1 atom stereocenters. The van der Waals surface area contributed by atoms with Gasteiger partial charge in [0.25, 0.3) is 0 Å². The average molecular weight is 430 g/mol. The number of hydrogen-bond donors (Lipinski definition) is 1. The molecule has 0 amide bonds. The Bertz CT molecular complexity index is 354. The summed E-state index contributed by atoms with van der Waals surface area (Å²) in [6, 6.07) is 1.13. The Balaban J connectivity index is 3.42. The highest BCUT2D eigenvalue weighted by Crippen LogP contribution is 2.18. The van der Waals surface area contributed by atoms with Crippen molar-refractivity contribution in [3.63, 3.8) is 0 Å². The first-order valence-electron chi connectivity index (χ1n) is 12.2. The fourth-order valence-electron chi connectivity index (χ4n) is 3.76. The molecule has 0 aromatic rings. The highest BCUT2D eigenvalue weighted by molar-refractivity contribution is 6.60. The lowest BCUT2D eigenvalue weighted by Crippen LogP contribution is -2.42. The Hall–Kier alpha value is -0.203. The molecule has 0 rings (SSSR count). The maximum atomic E-state index is 6.27. The molecule has 0 saturated heterocycles. The van der Waals surface area contributed by atoms with Gasteiger partial charge >= 0.3 is 8.80 Å². The molecule has 1 unspecified atom stereocenters. The van der Waals surface area contributed by atoms with E-state index in [2.05, 4.69) is 19.1 Å². The predicted octanol–water partition coefficient (Wildman–Crippen LogP) is 7.01. The van der Waals surface area contributed by atoms with Crippen LogP contribution in [0.3, 0.4) is 0 Å². The molecule has 29 heavy (non-hydrogen) atoms. The topological polar surface area (TPSA) is 53.7 Å². The molecule has 0 bridgehead atoms. The Morgan fingerprint density at radius 2 is 1.10 bits per heavy atom. The molecule has 0 aliphatic heterocycles. The fourth-order valence-corrected chi connectivity index (χ4v) is 5.51. The van der Waals surface area contributed by atoms with E-state index in [0.29, 0.717) is 0 Å². The van der Waals surface area contributed by atoms with Crippen LogP contribution in [-0.4, -0.2) is 36.2 Å². The highest BCUT2D eigenvalue weighted by atomic mass is 28.4. The predicted molar refractivity (Wildman–Crippen MR) is 128 cm³/mol. The standard InChI is InChI=1S/C24H51NO3Si/c1-5-6-7-8-9-10-11-12-13-14-15-16-17-18-19-21-24(25)22-20-23-29(26-2,27-3)28-4/h12-13,24H,5-11,14-23,25H2,1-4H3. The third kappa shape index (κ3) is 17.2. The molecule has 174 valence electrons. The molecule has 0 radical (unpaired) electrons. The molecule has 0 spiro atoms. The summed E-state index contributed by atoms with van der Waals surface area (Å²) in [4.78, 5) is 0. The van der Waals surface area contributed by atoms with Gasteiger partial charge < -0.3 is 19.0 Å². The SMILES string of the molecule is CCCCCCCCC=CCCCCCCCC(N)CCC[Si](OC)(OC)OC. The van der Waals surface area contributed by atoms with Gasteiger partial charge in [0.15, 0.2) is 0 Å². The minimum Gasteiger partial charge on any atom is -0.377 e.